The maximum absolute atomic E-state index is 10.8. The molecule has 0 unspecified atom stereocenters. The summed E-state index contributed by atoms with van der Waals surface area (Å²) >= 11 is 5.33. The average molecular weight is 190 g/mol. The van der Waals surface area contributed by atoms with Crippen molar-refractivity contribution in [2.45, 2.75) is 6.92 Å². The number of rotatable bonds is 1. The highest BCUT2D eigenvalue weighted by molar-refractivity contribution is 6.29. The van der Waals surface area contributed by atoms with Gasteiger partial charge in [-0.3, -0.25) is 10.1 Å². The van der Waals surface area contributed by atoms with E-state index in [2.05, 4.69) is 5.10 Å². The first-order valence-electron chi connectivity index (χ1n) is 2.93. The summed E-state index contributed by atoms with van der Waals surface area (Å²) in [7, 11) is 0. The molecule has 0 N–H and O–H groups in total. The highest BCUT2D eigenvalue weighted by Crippen LogP contribution is 2.16. The van der Waals surface area contributed by atoms with Crippen molar-refractivity contribution in [2.75, 3.05) is 0 Å². The van der Waals surface area contributed by atoms with E-state index in [-0.39, 0.29) is 21.4 Å². The molecule has 0 radical (unpaired) electrons. The summed E-state index contributed by atoms with van der Waals surface area (Å²) in [6, 6.07) is 1.03. The van der Waals surface area contributed by atoms with E-state index in [1.165, 1.54) is 6.92 Å². The molecule has 7 heteroatoms. The third-order valence-electron chi connectivity index (χ3n) is 1.30. The lowest BCUT2D eigenvalue weighted by molar-refractivity contribution is -0.678. The molecule has 1 aromatic heterocycles. The molecular weight excluding hydrogens is 186 g/mol. The molecule has 1 heterocycles. The molecule has 0 aliphatic rings. The Labute approximate surface area is 72.1 Å². The molecule has 64 valence electrons. The minimum Gasteiger partial charge on any atom is -0.594 e. The van der Waals surface area contributed by atoms with Crippen LogP contribution in [0.1, 0.15) is 5.69 Å². The molecule has 0 aliphatic carbocycles. The summed E-state index contributed by atoms with van der Waals surface area (Å²) in [5, 5.41) is 24.1. The standard InChI is InChI=1S/C5H4ClN3O3/c1-3-4(9(11)12)2-5(6)7-8(3)10/h2H,1H3. The van der Waals surface area contributed by atoms with Gasteiger partial charge in [0.15, 0.2) is 0 Å². The first-order chi connectivity index (χ1) is 5.52. The van der Waals surface area contributed by atoms with Gasteiger partial charge in [-0.2, -0.15) is 0 Å². The summed E-state index contributed by atoms with van der Waals surface area (Å²) in [4.78, 5) is 9.74. The summed E-state index contributed by atoms with van der Waals surface area (Å²) in [5.41, 5.74) is -0.408. The fourth-order valence-electron chi connectivity index (χ4n) is 0.691. The highest BCUT2D eigenvalue weighted by atomic mass is 35.5. The Kier molecular flexibility index (Phi) is 2.09. The first kappa shape index (κ1) is 8.66. The Bertz CT molecular complexity index is 341. The fourth-order valence-corrected chi connectivity index (χ4v) is 0.863. The van der Waals surface area contributed by atoms with Crippen molar-refractivity contribution in [3.63, 3.8) is 0 Å². The zero-order valence-electron chi connectivity index (χ0n) is 6.02. The zero-order chi connectivity index (χ0) is 9.30. The number of nitrogens with zero attached hydrogens (tertiary/aromatic N) is 3. The van der Waals surface area contributed by atoms with E-state index in [9.17, 15) is 15.3 Å². The van der Waals surface area contributed by atoms with Gasteiger partial charge in [-0.25, -0.2) is 0 Å². The maximum atomic E-state index is 10.8. The van der Waals surface area contributed by atoms with Crippen LogP contribution in [0.5, 0.6) is 0 Å². The van der Waals surface area contributed by atoms with Gasteiger partial charge in [0.25, 0.3) is 5.69 Å². The van der Waals surface area contributed by atoms with Crippen LogP contribution in [0.2, 0.25) is 5.15 Å². The second-order valence-corrected chi connectivity index (χ2v) is 2.46. The summed E-state index contributed by atoms with van der Waals surface area (Å²) in [6.45, 7) is 1.30. The molecule has 0 fully saturated rings. The second-order valence-electron chi connectivity index (χ2n) is 2.07. The van der Waals surface area contributed by atoms with Crippen LogP contribution in [-0.2, 0) is 0 Å². The summed E-state index contributed by atoms with van der Waals surface area (Å²) in [5.74, 6) is 0. The van der Waals surface area contributed by atoms with Gasteiger partial charge < -0.3 is 5.21 Å². The molecular formula is C5H4ClN3O3. The van der Waals surface area contributed by atoms with E-state index in [0.717, 1.165) is 6.07 Å². The van der Waals surface area contributed by atoms with Gasteiger partial charge in [-0.05, 0) is 4.85 Å². The van der Waals surface area contributed by atoms with Crippen molar-refractivity contribution >= 4 is 17.3 Å². The van der Waals surface area contributed by atoms with Crippen LogP contribution < -0.4 is 4.85 Å². The van der Waals surface area contributed by atoms with Gasteiger partial charge in [0, 0.05) is 12.0 Å². The van der Waals surface area contributed by atoms with Crippen LogP contribution in [0.15, 0.2) is 6.07 Å². The van der Waals surface area contributed by atoms with E-state index in [4.69, 9.17) is 11.6 Å². The Hall–Kier alpha value is -1.43. The monoisotopic (exact) mass is 189 g/mol. The third kappa shape index (κ3) is 1.42. The largest absolute Gasteiger partial charge is 0.594 e. The van der Waals surface area contributed by atoms with Crippen LogP contribution in [0.25, 0.3) is 0 Å². The highest BCUT2D eigenvalue weighted by Gasteiger charge is 2.20. The number of nitro groups is 1. The van der Waals surface area contributed by atoms with E-state index in [1.54, 1.807) is 0 Å². The van der Waals surface area contributed by atoms with E-state index in [1.807, 2.05) is 0 Å². The molecule has 0 saturated heterocycles. The van der Waals surface area contributed by atoms with Crippen molar-refractivity contribution in [2.24, 2.45) is 0 Å². The zero-order valence-corrected chi connectivity index (χ0v) is 6.78. The van der Waals surface area contributed by atoms with E-state index >= 15 is 0 Å². The molecule has 0 atom stereocenters. The second kappa shape index (κ2) is 2.90. The molecule has 6 nitrogen and oxygen atoms in total. The Morgan fingerprint density at radius 2 is 2.33 bits per heavy atom. The van der Waals surface area contributed by atoms with Crippen molar-refractivity contribution < 1.29 is 9.77 Å². The fraction of sp³-hybridized carbons (Fsp3) is 0.200. The molecule has 0 spiro atoms. The lowest BCUT2D eigenvalue weighted by Crippen LogP contribution is -2.35. The van der Waals surface area contributed by atoms with E-state index in [0.29, 0.717) is 0 Å². The molecule has 1 rings (SSSR count). The van der Waals surface area contributed by atoms with Crippen LogP contribution in [0.4, 0.5) is 5.69 Å². The topological polar surface area (TPSA) is 83.0 Å². The van der Waals surface area contributed by atoms with Crippen LogP contribution in [0.3, 0.4) is 0 Å². The van der Waals surface area contributed by atoms with Crippen molar-refractivity contribution in [1.82, 2.24) is 5.10 Å². The Balaban J connectivity index is 3.37. The lowest BCUT2D eigenvalue weighted by atomic mass is 10.3. The minimum atomic E-state index is -0.683. The molecule has 0 aliphatic heterocycles. The SMILES string of the molecule is Cc1c([N+](=O)[O-])cc(Cl)n[n+]1[O-]. The van der Waals surface area contributed by atoms with Gasteiger partial charge in [0.1, 0.15) is 0 Å². The van der Waals surface area contributed by atoms with Crippen molar-refractivity contribution in [3.05, 3.63) is 32.2 Å². The predicted molar refractivity (Wildman–Crippen MR) is 39.6 cm³/mol. The van der Waals surface area contributed by atoms with Crippen molar-refractivity contribution in [1.29, 1.82) is 0 Å². The van der Waals surface area contributed by atoms with Crippen LogP contribution >= 0.6 is 11.6 Å². The molecule has 12 heavy (non-hydrogen) atoms. The van der Waals surface area contributed by atoms with Gasteiger partial charge in [-0.1, -0.05) is 11.6 Å². The number of hydrogen-bond donors (Lipinski definition) is 0. The third-order valence-corrected chi connectivity index (χ3v) is 1.48. The average Bonchev–Trinajstić information content (AvgIpc) is 1.96. The quantitative estimate of drug-likeness (QED) is 0.280. The van der Waals surface area contributed by atoms with E-state index < -0.39 is 4.92 Å². The molecule has 0 saturated carbocycles. The van der Waals surface area contributed by atoms with Gasteiger partial charge in [0.05, 0.1) is 11.0 Å². The predicted octanol–water partition coefficient (Wildman–Crippen LogP) is 0.585. The molecule has 0 aromatic carbocycles. The first-order valence-corrected chi connectivity index (χ1v) is 3.31. The van der Waals surface area contributed by atoms with Gasteiger partial charge >= 0.3 is 5.69 Å². The number of hydrogen-bond acceptors (Lipinski definition) is 4. The Morgan fingerprint density at radius 1 is 1.75 bits per heavy atom. The van der Waals surface area contributed by atoms with Crippen LogP contribution in [0, 0.1) is 22.2 Å². The normalized spacial score (nSPS) is 9.83. The number of halogens is 1. The summed E-state index contributed by atoms with van der Waals surface area (Å²) in [6.07, 6.45) is 0. The summed E-state index contributed by atoms with van der Waals surface area (Å²) < 4.78 is 0. The maximum Gasteiger partial charge on any atom is 0.342 e. The number of aromatic nitrogens is 2. The molecule has 1 aromatic rings. The molecule has 0 amide bonds. The lowest BCUT2D eigenvalue weighted by Gasteiger charge is -1.97. The van der Waals surface area contributed by atoms with Crippen molar-refractivity contribution in [3.8, 4) is 0 Å². The van der Waals surface area contributed by atoms with Gasteiger partial charge in [-0.15, -0.1) is 0 Å². The molecule has 0 bridgehead atoms. The van der Waals surface area contributed by atoms with Crippen LogP contribution in [-0.4, -0.2) is 10.0 Å². The minimum absolute atomic E-state index is 0.0793. The van der Waals surface area contributed by atoms with Gasteiger partial charge in [0.2, 0.25) is 5.15 Å². The Morgan fingerprint density at radius 3 is 2.83 bits per heavy atom. The smallest absolute Gasteiger partial charge is 0.342 e.